The molecule has 1 aromatic rings. The van der Waals surface area contributed by atoms with Crippen molar-refractivity contribution in [1.29, 1.82) is 5.26 Å². The van der Waals surface area contributed by atoms with Gasteiger partial charge in [0.15, 0.2) is 0 Å². The average Bonchev–Trinajstić information content (AvgIpc) is 2.47. The van der Waals surface area contributed by atoms with Crippen LogP contribution in [0.5, 0.6) is 0 Å². The van der Waals surface area contributed by atoms with Gasteiger partial charge in [-0.25, -0.2) is 0 Å². The lowest BCUT2D eigenvalue weighted by atomic mass is 9.98. The average molecular weight is 274 g/mol. The van der Waals surface area contributed by atoms with Gasteiger partial charge in [-0.3, -0.25) is 4.79 Å². The smallest absolute Gasteiger partial charge is 0.227 e. The van der Waals surface area contributed by atoms with Gasteiger partial charge in [-0.05, 0) is 42.4 Å². The number of hydrogen-bond acceptors (Lipinski definition) is 3. The van der Waals surface area contributed by atoms with Crippen molar-refractivity contribution in [3.8, 4) is 6.07 Å². The van der Waals surface area contributed by atoms with Crippen LogP contribution in [0, 0.1) is 17.2 Å². The van der Waals surface area contributed by atoms with Crippen LogP contribution in [0.3, 0.4) is 0 Å². The van der Waals surface area contributed by atoms with E-state index in [9.17, 15) is 4.79 Å². The van der Waals surface area contributed by atoms with E-state index in [1.165, 1.54) is 0 Å². The first-order valence-corrected chi connectivity index (χ1v) is 7.71. The minimum atomic E-state index is 0.111. The minimum Gasteiger partial charge on any atom is -0.314 e. The van der Waals surface area contributed by atoms with Crippen molar-refractivity contribution >= 4 is 23.4 Å². The van der Waals surface area contributed by atoms with Crippen LogP contribution in [-0.2, 0) is 4.79 Å². The summed E-state index contributed by atoms with van der Waals surface area (Å²) in [6.45, 7) is 0. The first-order chi connectivity index (χ1) is 9.22. The molecule has 3 nitrogen and oxygen atoms in total. The predicted octanol–water partition coefficient (Wildman–Crippen LogP) is 3.05. The van der Waals surface area contributed by atoms with Crippen LogP contribution in [0.4, 0.5) is 5.69 Å². The third kappa shape index (κ3) is 3.51. The summed E-state index contributed by atoms with van der Waals surface area (Å²) in [5.74, 6) is 2.94. The standard InChI is InChI=1S/C15H18N2OS/c1-17(14-5-3-2-4-13(14)11-16)15(18)10-12-6-8-19-9-7-12/h2-5,12H,6-10H2,1H3. The third-order valence-electron chi connectivity index (χ3n) is 3.56. The summed E-state index contributed by atoms with van der Waals surface area (Å²) in [7, 11) is 1.76. The van der Waals surface area contributed by atoms with E-state index in [2.05, 4.69) is 6.07 Å². The lowest BCUT2D eigenvalue weighted by molar-refractivity contribution is -0.119. The molecule has 0 aromatic heterocycles. The fourth-order valence-electron chi connectivity index (χ4n) is 2.33. The van der Waals surface area contributed by atoms with Crippen molar-refractivity contribution in [2.45, 2.75) is 19.3 Å². The number of benzene rings is 1. The Bertz CT molecular complexity index is 489. The molecule has 4 heteroatoms. The second-order valence-corrected chi connectivity index (χ2v) is 6.07. The molecule has 0 atom stereocenters. The van der Waals surface area contributed by atoms with E-state index in [4.69, 9.17) is 5.26 Å². The molecule has 0 aliphatic carbocycles. The van der Waals surface area contributed by atoms with Crippen molar-refractivity contribution in [3.05, 3.63) is 29.8 Å². The van der Waals surface area contributed by atoms with E-state index in [1.807, 2.05) is 30.0 Å². The van der Waals surface area contributed by atoms with Gasteiger partial charge < -0.3 is 4.90 Å². The Balaban J connectivity index is 2.04. The fourth-order valence-corrected chi connectivity index (χ4v) is 3.53. The topological polar surface area (TPSA) is 44.1 Å². The highest BCUT2D eigenvalue weighted by atomic mass is 32.2. The highest BCUT2D eigenvalue weighted by Gasteiger charge is 2.21. The molecule has 1 heterocycles. The lowest BCUT2D eigenvalue weighted by Gasteiger charge is -2.24. The van der Waals surface area contributed by atoms with E-state index in [0.29, 0.717) is 23.6 Å². The second-order valence-electron chi connectivity index (χ2n) is 4.84. The Morgan fingerprint density at radius 1 is 1.42 bits per heavy atom. The molecule has 0 unspecified atom stereocenters. The summed E-state index contributed by atoms with van der Waals surface area (Å²) >= 11 is 1.97. The largest absolute Gasteiger partial charge is 0.314 e. The van der Waals surface area contributed by atoms with E-state index in [0.717, 1.165) is 24.3 Å². The van der Waals surface area contributed by atoms with Crippen LogP contribution in [0.15, 0.2) is 24.3 Å². The first-order valence-electron chi connectivity index (χ1n) is 6.56. The van der Waals surface area contributed by atoms with Gasteiger partial charge >= 0.3 is 0 Å². The molecule has 0 spiro atoms. The highest BCUT2D eigenvalue weighted by molar-refractivity contribution is 7.99. The van der Waals surface area contributed by atoms with Gasteiger partial charge in [0.1, 0.15) is 6.07 Å². The van der Waals surface area contributed by atoms with Crippen molar-refractivity contribution in [3.63, 3.8) is 0 Å². The Hall–Kier alpha value is -1.47. The van der Waals surface area contributed by atoms with Crippen LogP contribution in [0.25, 0.3) is 0 Å². The van der Waals surface area contributed by atoms with E-state index in [-0.39, 0.29) is 5.91 Å². The Labute approximate surface area is 118 Å². The van der Waals surface area contributed by atoms with Gasteiger partial charge in [-0.2, -0.15) is 17.0 Å². The zero-order chi connectivity index (χ0) is 13.7. The van der Waals surface area contributed by atoms with Crippen molar-refractivity contribution in [2.75, 3.05) is 23.5 Å². The predicted molar refractivity (Wildman–Crippen MR) is 79.2 cm³/mol. The van der Waals surface area contributed by atoms with Gasteiger partial charge in [0.2, 0.25) is 5.91 Å². The lowest BCUT2D eigenvalue weighted by Crippen LogP contribution is -2.29. The maximum Gasteiger partial charge on any atom is 0.227 e. The molecule has 1 aliphatic rings. The van der Waals surface area contributed by atoms with Crippen LogP contribution in [0.1, 0.15) is 24.8 Å². The highest BCUT2D eigenvalue weighted by Crippen LogP contribution is 2.27. The second kappa shape index (κ2) is 6.63. The number of para-hydroxylation sites is 1. The molecule has 1 amide bonds. The summed E-state index contributed by atoms with van der Waals surface area (Å²) in [4.78, 5) is 13.9. The molecule has 0 saturated carbocycles. The normalized spacial score (nSPS) is 15.8. The SMILES string of the molecule is CN(C(=O)CC1CCSCC1)c1ccccc1C#N. The number of anilines is 1. The van der Waals surface area contributed by atoms with Gasteiger partial charge in [0, 0.05) is 13.5 Å². The number of carbonyl (C=O) groups is 1. The van der Waals surface area contributed by atoms with E-state index < -0.39 is 0 Å². The quantitative estimate of drug-likeness (QED) is 0.851. The van der Waals surface area contributed by atoms with Crippen molar-refractivity contribution < 1.29 is 4.79 Å². The maximum atomic E-state index is 12.3. The number of nitrogens with zero attached hydrogens (tertiary/aromatic N) is 2. The van der Waals surface area contributed by atoms with E-state index in [1.54, 1.807) is 18.0 Å². The number of amides is 1. The molecule has 1 saturated heterocycles. The van der Waals surface area contributed by atoms with E-state index >= 15 is 0 Å². The molecule has 2 rings (SSSR count). The Morgan fingerprint density at radius 2 is 2.11 bits per heavy atom. The summed E-state index contributed by atoms with van der Waals surface area (Å²) in [6, 6.07) is 9.39. The summed E-state index contributed by atoms with van der Waals surface area (Å²) in [6.07, 6.45) is 2.85. The molecular formula is C15H18N2OS. The fraction of sp³-hybridized carbons (Fsp3) is 0.467. The van der Waals surface area contributed by atoms with Gasteiger partial charge in [0.25, 0.3) is 0 Å². The number of nitriles is 1. The van der Waals surface area contributed by atoms with Gasteiger partial charge in [0.05, 0.1) is 11.3 Å². The van der Waals surface area contributed by atoms with Crippen molar-refractivity contribution in [1.82, 2.24) is 0 Å². The zero-order valence-corrected chi connectivity index (χ0v) is 11.9. The third-order valence-corrected chi connectivity index (χ3v) is 4.61. The minimum absolute atomic E-state index is 0.111. The molecule has 100 valence electrons. The van der Waals surface area contributed by atoms with Crippen LogP contribution in [0.2, 0.25) is 0 Å². The summed E-state index contributed by atoms with van der Waals surface area (Å²) in [5, 5.41) is 9.08. The Morgan fingerprint density at radius 3 is 2.79 bits per heavy atom. The van der Waals surface area contributed by atoms with Crippen molar-refractivity contribution in [2.24, 2.45) is 5.92 Å². The molecule has 1 fully saturated rings. The Kier molecular flexibility index (Phi) is 4.86. The van der Waals surface area contributed by atoms with Crippen LogP contribution < -0.4 is 4.90 Å². The molecule has 1 aromatic carbocycles. The summed E-state index contributed by atoms with van der Waals surface area (Å²) in [5.41, 5.74) is 1.26. The molecule has 0 N–H and O–H groups in total. The molecule has 0 bridgehead atoms. The monoisotopic (exact) mass is 274 g/mol. The maximum absolute atomic E-state index is 12.3. The van der Waals surface area contributed by atoms with Gasteiger partial charge in [-0.15, -0.1) is 0 Å². The van der Waals surface area contributed by atoms with Crippen LogP contribution in [-0.4, -0.2) is 24.5 Å². The molecule has 19 heavy (non-hydrogen) atoms. The zero-order valence-electron chi connectivity index (χ0n) is 11.1. The molecular weight excluding hydrogens is 256 g/mol. The molecule has 0 radical (unpaired) electrons. The van der Waals surface area contributed by atoms with Crippen LogP contribution >= 0.6 is 11.8 Å². The number of thioether (sulfide) groups is 1. The first kappa shape index (κ1) is 14.0. The summed E-state index contributed by atoms with van der Waals surface area (Å²) < 4.78 is 0. The number of carbonyl (C=O) groups excluding carboxylic acids is 1. The number of rotatable bonds is 3. The molecule has 1 aliphatic heterocycles. The number of hydrogen-bond donors (Lipinski definition) is 0. The van der Waals surface area contributed by atoms with Gasteiger partial charge in [-0.1, -0.05) is 12.1 Å².